The standard InChI is InChI=1S/C12H13ClF3NO2/c1-11(2,3)19-10(18)17-9-6-7(13)4-5-8(9)12(14,15)16/h4-6H,1-3H3,(H,17,18). The summed E-state index contributed by atoms with van der Waals surface area (Å²) < 4.78 is 43.1. The lowest BCUT2D eigenvalue weighted by molar-refractivity contribution is -0.136. The molecule has 19 heavy (non-hydrogen) atoms. The summed E-state index contributed by atoms with van der Waals surface area (Å²) in [5.74, 6) is 0. The molecule has 0 fully saturated rings. The van der Waals surface area contributed by atoms with Gasteiger partial charge in [-0.05, 0) is 39.0 Å². The summed E-state index contributed by atoms with van der Waals surface area (Å²) in [5, 5.41) is 2.13. The molecule has 0 heterocycles. The maximum absolute atomic E-state index is 12.7. The molecule has 0 aliphatic carbocycles. The maximum Gasteiger partial charge on any atom is 0.418 e. The van der Waals surface area contributed by atoms with Crippen LogP contribution in [0.2, 0.25) is 5.02 Å². The van der Waals surface area contributed by atoms with Crippen molar-refractivity contribution in [3.8, 4) is 0 Å². The molecule has 0 aromatic heterocycles. The summed E-state index contributed by atoms with van der Waals surface area (Å²) in [5.41, 5.74) is -2.22. The number of carbonyl (C=O) groups excluding carboxylic acids is 1. The monoisotopic (exact) mass is 295 g/mol. The van der Waals surface area contributed by atoms with Crippen LogP contribution in [0.1, 0.15) is 26.3 Å². The molecule has 1 aromatic rings. The number of ether oxygens (including phenoxy) is 1. The molecule has 3 nitrogen and oxygen atoms in total. The molecular weight excluding hydrogens is 283 g/mol. The third-order valence-corrected chi connectivity index (χ3v) is 2.16. The number of carbonyl (C=O) groups is 1. The minimum atomic E-state index is -4.59. The zero-order valence-corrected chi connectivity index (χ0v) is 11.3. The van der Waals surface area contributed by atoms with Crippen LogP contribution >= 0.6 is 11.6 Å². The van der Waals surface area contributed by atoms with E-state index >= 15 is 0 Å². The highest BCUT2D eigenvalue weighted by Crippen LogP contribution is 2.36. The Labute approximate surface area is 113 Å². The lowest BCUT2D eigenvalue weighted by Gasteiger charge is -2.21. The van der Waals surface area contributed by atoms with Crippen molar-refractivity contribution in [3.05, 3.63) is 28.8 Å². The number of hydrogen-bond donors (Lipinski definition) is 1. The second-order valence-corrected chi connectivity index (χ2v) is 5.25. The van der Waals surface area contributed by atoms with Crippen molar-refractivity contribution in [2.45, 2.75) is 32.5 Å². The zero-order chi connectivity index (χ0) is 14.8. The Bertz CT molecular complexity index is 481. The van der Waals surface area contributed by atoms with Gasteiger partial charge in [-0.2, -0.15) is 13.2 Å². The molecule has 1 aromatic carbocycles. The normalized spacial score (nSPS) is 12.2. The van der Waals surface area contributed by atoms with Crippen LogP contribution in [0.25, 0.3) is 0 Å². The van der Waals surface area contributed by atoms with Gasteiger partial charge in [-0.1, -0.05) is 11.6 Å². The molecule has 106 valence electrons. The summed E-state index contributed by atoms with van der Waals surface area (Å²) >= 11 is 5.62. The predicted molar refractivity (Wildman–Crippen MR) is 66.3 cm³/mol. The Morgan fingerprint density at radius 1 is 1.26 bits per heavy atom. The fraction of sp³-hybridized carbons (Fsp3) is 0.417. The van der Waals surface area contributed by atoms with Crippen molar-refractivity contribution in [1.82, 2.24) is 0 Å². The topological polar surface area (TPSA) is 38.3 Å². The first-order valence-corrected chi connectivity index (χ1v) is 5.73. The molecule has 0 atom stereocenters. The van der Waals surface area contributed by atoms with Crippen molar-refractivity contribution >= 4 is 23.4 Å². The first kappa shape index (κ1) is 15.6. The smallest absolute Gasteiger partial charge is 0.418 e. The van der Waals surface area contributed by atoms with Crippen molar-refractivity contribution in [3.63, 3.8) is 0 Å². The number of rotatable bonds is 1. The number of benzene rings is 1. The van der Waals surface area contributed by atoms with Gasteiger partial charge in [0.2, 0.25) is 0 Å². The van der Waals surface area contributed by atoms with Crippen LogP contribution in [0.3, 0.4) is 0 Å². The average molecular weight is 296 g/mol. The van der Waals surface area contributed by atoms with Crippen LogP contribution in [0.4, 0.5) is 23.7 Å². The Hall–Kier alpha value is -1.43. The Balaban J connectivity index is 3.00. The quantitative estimate of drug-likeness (QED) is 0.815. The molecule has 0 radical (unpaired) electrons. The summed E-state index contributed by atoms with van der Waals surface area (Å²) in [6.45, 7) is 4.82. The van der Waals surface area contributed by atoms with E-state index < -0.39 is 29.1 Å². The fourth-order valence-corrected chi connectivity index (χ4v) is 1.45. The van der Waals surface area contributed by atoms with E-state index in [-0.39, 0.29) is 5.02 Å². The molecule has 0 saturated heterocycles. The van der Waals surface area contributed by atoms with Gasteiger partial charge in [0.05, 0.1) is 11.3 Å². The molecule has 0 aliphatic heterocycles. The Morgan fingerprint density at radius 3 is 2.32 bits per heavy atom. The molecular formula is C12H13ClF3NO2. The average Bonchev–Trinajstić information content (AvgIpc) is 2.11. The van der Waals surface area contributed by atoms with Crippen molar-refractivity contribution in [1.29, 1.82) is 0 Å². The van der Waals surface area contributed by atoms with Crippen molar-refractivity contribution < 1.29 is 22.7 Å². The van der Waals surface area contributed by atoms with Crippen LogP contribution in [0.5, 0.6) is 0 Å². The SMILES string of the molecule is CC(C)(C)OC(=O)Nc1cc(Cl)ccc1C(F)(F)F. The van der Waals surface area contributed by atoms with E-state index in [9.17, 15) is 18.0 Å². The van der Waals surface area contributed by atoms with E-state index in [0.29, 0.717) is 0 Å². The first-order chi connectivity index (χ1) is 8.49. The molecule has 0 aliphatic rings. The van der Waals surface area contributed by atoms with Gasteiger partial charge in [-0.3, -0.25) is 5.32 Å². The Kier molecular flexibility index (Phi) is 4.35. The summed E-state index contributed by atoms with van der Waals surface area (Å²) in [4.78, 5) is 11.5. The number of nitrogens with one attached hydrogen (secondary N) is 1. The van der Waals surface area contributed by atoms with Crippen LogP contribution in [0, 0.1) is 0 Å². The van der Waals surface area contributed by atoms with Crippen LogP contribution in [-0.4, -0.2) is 11.7 Å². The van der Waals surface area contributed by atoms with Crippen molar-refractivity contribution in [2.75, 3.05) is 5.32 Å². The largest absolute Gasteiger partial charge is 0.444 e. The molecule has 1 N–H and O–H groups in total. The van der Waals surface area contributed by atoms with E-state index in [2.05, 4.69) is 0 Å². The van der Waals surface area contributed by atoms with Crippen LogP contribution < -0.4 is 5.32 Å². The molecule has 1 rings (SSSR count). The van der Waals surface area contributed by atoms with Gasteiger partial charge in [0.25, 0.3) is 0 Å². The highest BCUT2D eigenvalue weighted by molar-refractivity contribution is 6.31. The van der Waals surface area contributed by atoms with Gasteiger partial charge in [-0.15, -0.1) is 0 Å². The van der Waals surface area contributed by atoms with E-state index in [0.717, 1.165) is 18.2 Å². The molecule has 0 unspecified atom stereocenters. The highest BCUT2D eigenvalue weighted by Gasteiger charge is 2.34. The molecule has 7 heteroatoms. The predicted octanol–water partition coefficient (Wildman–Crippen LogP) is 4.71. The number of halogens is 4. The van der Waals surface area contributed by atoms with Gasteiger partial charge in [-0.25, -0.2) is 4.79 Å². The molecule has 0 saturated carbocycles. The van der Waals surface area contributed by atoms with Gasteiger partial charge in [0.1, 0.15) is 5.60 Å². The van der Waals surface area contributed by atoms with E-state index in [1.54, 1.807) is 20.8 Å². The fourth-order valence-electron chi connectivity index (χ4n) is 1.28. The first-order valence-electron chi connectivity index (χ1n) is 5.36. The number of hydrogen-bond acceptors (Lipinski definition) is 2. The highest BCUT2D eigenvalue weighted by atomic mass is 35.5. The maximum atomic E-state index is 12.7. The summed E-state index contributed by atoms with van der Waals surface area (Å²) in [7, 11) is 0. The van der Waals surface area contributed by atoms with Crippen LogP contribution in [-0.2, 0) is 10.9 Å². The Morgan fingerprint density at radius 2 is 1.84 bits per heavy atom. The van der Waals surface area contributed by atoms with E-state index in [1.165, 1.54) is 0 Å². The molecule has 0 bridgehead atoms. The molecule has 0 spiro atoms. The lowest BCUT2D eigenvalue weighted by Crippen LogP contribution is -2.28. The molecule has 1 amide bonds. The van der Waals surface area contributed by atoms with Crippen LogP contribution in [0.15, 0.2) is 18.2 Å². The van der Waals surface area contributed by atoms with Gasteiger partial charge in [0.15, 0.2) is 0 Å². The summed E-state index contributed by atoms with van der Waals surface area (Å²) in [6.07, 6.45) is -5.56. The third-order valence-electron chi connectivity index (χ3n) is 1.92. The number of alkyl halides is 3. The van der Waals surface area contributed by atoms with Gasteiger partial charge >= 0.3 is 12.3 Å². The van der Waals surface area contributed by atoms with E-state index in [4.69, 9.17) is 16.3 Å². The number of anilines is 1. The van der Waals surface area contributed by atoms with Crippen molar-refractivity contribution in [2.24, 2.45) is 0 Å². The lowest BCUT2D eigenvalue weighted by atomic mass is 10.1. The minimum Gasteiger partial charge on any atom is -0.444 e. The van der Waals surface area contributed by atoms with Gasteiger partial charge in [0, 0.05) is 5.02 Å². The third kappa shape index (κ3) is 4.98. The van der Waals surface area contributed by atoms with Gasteiger partial charge < -0.3 is 4.74 Å². The number of amides is 1. The minimum absolute atomic E-state index is 0.0825. The second-order valence-electron chi connectivity index (χ2n) is 4.81. The zero-order valence-electron chi connectivity index (χ0n) is 10.6. The second kappa shape index (κ2) is 5.28. The summed E-state index contributed by atoms with van der Waals surface area (Å²) in [6, 6.07) is 2.92. The van der Waals surface area contributed by atoms with E-state index in [1.807, 2.05) is 5.32 Å².